The molecular weight excluding hydrogens is 190 g/mol. The Kier molecular flexibility index (Phi) is 2.84. The van der Waals surface area contributed by atoms with Crippen molar-refractivity contribution in [3.8, 4) is 11.9 Å². The van der Waals surface area contributed by atoms with Gasteiger partial charge in [0, 0.05) is 12.7 Å². The number of hydrogen-bond acceptors (Lipinski definition) is 4. The van der Waals surface area contributed by atoms with Gasteiger partial charge >= 0.3 is 0 Å². The van der Waals surface area contributed by atoms with Crippen LogP contribution in [0.2, 0.25) is 0 Å². The van der Waals surface area contributed by atoms with Crippen LogP contribution in [-0.4, -0.2) is 25.2 Å². The number of nitrogens with zero attached hydrogens (tertiary/aromatic N) is 2. The highest BCUT2D eigenvalue weighted by Crippen LogP contribution is 2.25. The molecule has 2 rings (SSSR count). The van der Waals surface area contributed by atoms with Crippen LogP contribution in [0.25, 0.3) is 0 Å². The topological polar surface area (TPSA) is 57.9 Å². The molecule has 15 heavy (non-hydrogen) atoms. The third-order valence-corrected chi connectivity index (χ3v) is 2.72. The van der Waals surface area contributed by atoms with Crippen molar-refractivity contribution >= 4 is 0 Å². The van der Waals surface area contributed by atoms with Gasteiger partial charge in [-0.15, -0.1) is 0 Å². The van der Waals surface area contributed by atoms with Gasteiger partial charge in [0.2, 0.25) is 5.88 Å². The van der Waals surface area contributed by atoms with Gasteiger partial charge in [-0.3, -0.25) is 0 Å². The van der Waals surface area contributed by atoms with Gasteiger partial charge in [-0.1, -0.05) is 0 Å². The molecule has 0 aliphatic carbocycles. The van der Waals surface area contributed by atoms with E-state index in [1.165, 1.54) is 7.11 Å². The van der Waals surface area contributed by atoms with Crippen molar-refractivity contribution in [1.82, 2.24) is 10.3 Å². The van der Waals surface area contributed by atoms with Crippen LogP contribution in [0.5, 0.6) is 5.88 Å². The Morgan fingerprint density at radius 2 is 2.53 bits per heavy atom. The Labute approximate surface area is 88.9 Å². The molecule has 0 radical (unpaired) electrons. The summed E-state index contributed by atoms with van der Waals surface area (Å²) < 4.78 is 5.00. The van der Waals surface area contributed by atoms with Crippen molar-refractivity contribution in [3.63, 3.8) is 0 Å². The van der Waals surface area contributed by atoms with Crippen molar-refractivity contribution in [2.24, 2.45) is 0 Å². The van der Waals surface area contributed by atoms with Crippen molar-refractivity contribution in [2.75, 3.05) is 20.2 Å². The lowest BCUT2D eigenvalue weighted by Gasteiger charge is -2.09. The van der Waals surface area contributed by atoms with Gasteiger partial charge in [0.1, 0.15) is 11.6 Å². The Balaban J connectivity index is 2.30. The van der Waals surface area contributed by atoms with Crippen LogP contribution < -0.4 is 10.1 Å². The SMILES string of the molecule is COc1ncc(C2CCNC2)cc1C#N. The molecule has 0 saturated carbocycles. The molecule has 4 nitrogen and oxygen atoms in total. The molecule has 78 valence electrons. The van der Waals surface area contributed by atoms with Crippen molar-refractivity contribution in [2.45, 2.75) is 12.3 Å². The number of ether oxygens (including phenoxy) is 1. The number of pyridine rings is 1. The van der Waals surface area contributed by atoms with Crippen LogP contribution in [-0.2, 0) is 0 Å². The molecule has 1 aromatic rings. The molecule has 0 spiro atoms. The van der Waals surface area contributed by atoms with Crippen molar-refractivity contribution in [1.29, 1.82) is 5.26 Å². The minimum Gasteiger partial charge on any atom is -0.480 e. The Hall–Kier alpha value is -1.60. The van der Waals surface area contributed by atoms with Crippen LogP contribution in [0.3, 0.4) is 0 Å². The smallest absolute Gasteiger partial charge is 0.231 e. The van der Waals surface area contributed by atoms with Gasteiger partial charge in [0.15, 0.2) is 0 Å². The molecule has 0 amide bonds. The molecule has 1 atom stereocenters. The summed E-state index contributed by atoms with van der Waals surface area (Å²) in [7, 11) is 1.53. The summed E-state index contributed by atoms with van der Waals surface area (Å²) in [5.74, 6) is 0.891. The van der Waals surface area contributed by atoms with Gasteiger partial charge in [-0.25, -0.2) is 4.98 Å². The van der Waals surface area contributed by atoms with Crippen LogP contribution in [0.1, 0.15) is 23.5 Å². The third kappa shape index (κ3) is 1.92. The summed E-state index contributed by atoms with van der Waals surface area (Å²) in [6.45, 7) is 2.01. The summed E-state index contributed by atoms with van der Waals surface area (Å²) in [4.78, 5) is 4.14. The first-order valence-electron chi connectivity index (χ1n) is 5.00. The summed E-state index contributed by atoms with van der Waals surface area (Å²) in [6, 6.07) is 3.98. The number of methoxy groups -OCH3 is 1. The third-order valence-electron chi connectivity index (χ3n) is 2.72. The molecule has 4 heteroatoms. The number of rotatable bonds is 2. The van der Waals surface area contributed by atoms with Gasteiger partial charge in [0.05, 0.1) is 7.11 Å². The van der Waals surface area contributed by atoms with E-state index in [9.17, 15) is 0 Å². The fraction of sp³-hybridized carbons (Fsp3) is 0.455. The van der Waals surface area contributed by atoms with E-state index in [1.807, 2.05) is 6.07 Å². The average molecular weight is 203 g/mol. The van der Waals surface area contributed by atoms with Gasteiger partial charge in [-0.05, 0) is 30.5 Å². The second kappa shape index (κ2) is 4.28. The Morgan fingerprint density at radius 1 is 1.67 bits per heavy atom. The fourth-order valence-electron chi connectivity index (χ4n) is 1.87. The summed E-state index contributed by atoms with van der Waals surface area (Å²) in [5.41, 5.74) is 1.64. The molecule has 0 aromatic carbocycles. The molecular formula is C11H13N3O. The highest BCUT2D eigenvalue weighted by molar-refractivity contribution is 5.41. The van der Waals surface area contributed by atoms with Gasteiger partial charge < -0.3 is 10.1 Å². The summed E-state index contributed by atoms with van der Waals surface area (Å²) >= 11 is 0. The minimum absolute atomic E-state index is 0.409. The van der Waals surface area contributed by atoms with E-state index >= 15 is 0 Å². The zero-order chi connectivity index (χ0) is 10.7. The molecule has 1 aromatic heterocycles. The normalized spacial score (nSPS) is 19.9. The molecule has 1 aliphatic heterocycles. The minimum atomic E-state index is 0.409. The predicted octanol–water partition coefficient (Wildman–Crippen LogP) is 1.04. The van der Waals surface area contributed by atoms with Crippen LogP contribution in [0.15, 0.2) is 12.3 Å². The average Bonchev–Trinajstić information content (AvgIpc) is 2.81. The number of nitrogens with one attached hydrogen (secondary N) is 1. The predicted molar refractivity (Wildman–Crippen MR) is 55.7 cm³/mol. The number of hydrogen-bond donors (Lipinski definition) is 1. The maximum atomic E-state index is 8.93. The zero-order valence-corrected chi connectivity index (χ0v) is 8.66. The lowest BCUT2D eigenvalue weighted by atomic mass is 9.99. The molecule has 1 N–H and O–H groups in total. The lowest BCUT2D eigenvalue weighted by Crippen LogP contribution is -2.08. The van der Waals surface area contributed by atoms with Crippen LogP contribution in [0.4, 0.5) is 0 Å². The van der Waals surface area contributed by atoms with E-state index in [-0.39, 0.29) is 0 Å². The Morgan fingerprint density at radius 3 is 3.13 bits per heavy atom. The largest absolute Gasteiger partial charge is 0.480 e. The van der Waals surface area contributed by atoms with E-state index in [0.717, 1.165) is 25.1 Å². The second-order valence-electron chi connectivity index (χ2n) is 3.63. The molecule has 0 bridgehead atoms. The van der Waals surface area contributed by atoms with Crippen molar-refractivity contribution < 1.29 is 4.74 Å². The van der Waals surface area contributed by atoms with Crippen LogP contribution >= 0.6 is 0 Å². The number of aromatic nitrogens is 1. The summed E-state index contributed by atoms with van der Waals surface area (Å²) in [5, 5.41) is 12.2. The fourth-order valence-corrected chi connectivity index (χ4v) is 1.87. The molecule has 1 aliphatic rings. The van der Waals surface area contributed by atoms with E-state index < -0.39 is 0 Å². The van der Waals surface area contributed by atoms with E-state index in [1.54, 1.807) is 6.20 Å². The quantitative estimate of drug-likeness (QED) is 0.780. The lowest BCUT2D eigenvalue weighted by molar-refractivity contribution is 0.396. The maximum Gasteiger partial charge on any atom is 0.231 e. The molecule has 1 saturated heterocycles. The van der Waals surface area contributed by atoms with Crippen molar-refractivity contribution in [3.05, 3.63) is 23.4 Å². The van der Waals surface area contributed by atoms with E-state index in [0.29, 0.717) is 17.4 Å². The highest BCUT2D eigenvalue weighted by atomic mass is 16.5. The zero-order valence-electron chi connectivity index (χ0n) is 8.66. The van der Waals surface area contributed by atoms with Gasteiger partial charge in [-0.2, -0.15) is 5.26 Å². The molecule has 1 fully saturated rings. The molecule has 2 heterocycles. The second-order valence-corrected chi connectivity index (χ2v) is 3.63. The number of nitriles is 1. The maximum absolute atomic E-state index is 8.93. The van der Waals surface area contributed by atoms with Gasteiger partial charge in [0.25, 0.3) is 0 Å². The summed E-state index contributed by atoms with van der Waals surface area (Å²) in [6.07, 6.45) is 2.91. The first-order chi connectivity index (χ1) is 7.35. The molecule has 1 unspecified atom stereocenters. The van der Waals surface area contributed by atoms with E-state index in [4.69, 9.17) is 10.00 Å². The highest BCUT2D eigenvalue weighted by Gasteiger charge is 2.18. The monoisotopic (exact) mass is 203 g/mol. The Bertz CT molecular complexity index is 391. The standard InChI is InChI=1S/C11H13N3O/c1-15-11-9(5-12)4-10(7-14-11)8-2-3-13-6-8/h4,7-8,13H,2-3,6H2,1H3. The van der Waals surface area contributed by atoms with E-state index in [2.05, 4.69) is 16.4 Å². The first-order valence-corrected chi connectivity index (χ1v) is 5.00. The first kappa shape index (κ1) is 9.94. The van der Waals surface area contributed by atoms with Crippen LogP contribution in [0, 0.1) is 11.3 Å².